The molecule has 1 amide bonds. The number of nitrogens with zero attached hydrogens (tertiary/aromatic N) is 7. The van der Waals surface area contributed by atoms with E-state index in [4.69, 9.17) is 0 Å². The average Bonchev–Trinajstić information content (AvgIpc) is 3.37. The summed E-state index contributed by atoms with van der Waals surface area (Å²) in [5.41, 5.74) is 1.29. The van der Waals surface area contributed by atoms with Gasteiger partial charge >= 0.3 is 0 Å². The minimum Gasteiger partial charge on any atom is -0.353 e. The van der Waals surface area contributed by atoms with Crippen molar-refractivity contribution in [3.63, 3.8) is 0 Å². The predicted molar refractivity (Wildman–Crippen MR) is 103 cm³/mol. The van der Waals surface area contributed by atoms with Crippen molar-refractivity contribution in [1.82, 2.24) is 24.6 Å². The summed E-state index contributed by atoms with van der Waals surface area (Å²) in [6.45, 7) is 2.29. The number of aryl methyl sites for hydroxylation is 1. The second-order valence-electron chi connectivity index (χ2n) is 6.35. The van der Waals surface area contributed by atoms with Gasteiger partial charge in [0.05, 0.1) is 11.1 Å². The molecule has 10 nitrogen and oxygen atoms in total. The molecule has 4 rings (SSSR count). The molecule has 0 spiro atoms. The van der Waals surface area contributed by atoms with Gasteiger partial charge in [-0.25, -0.2) is 9.97 Å². The fourth-order valence-electron chi connectivity index (χ4n) is 3.01. The maximum atomic E-state index is 12.8. The number of aromatic nitrogens is 4. The number of piperazine rings is 1. The number of rotatable bonds is 4. The van der Waals surface area contributed by atoms with Crippen molar-refractivity contribution >= 4 is 28.7 Å². The zero-order valence-electron chi connectivity index (χ0n) is 15.1. The van der Waals surface area contributed by atoms with Crippen LogP contribution in [0.5, 0.6) is 0 Å². The van der Waals surface area contributed by atoms with Crippen molar-refractivity contribution in [3.05, 3.63) is 51.9 Å². The number of carbonyl (C=O) groups is 1. The number of hydrogen-bond donors (Lipinski definition) is 0. The van der Waals surface area contributed by atoms with E-state index in [0.29, 0.717) is 37.7 Å². The second kappa shape index (κ2) is 7.35. The second-order valence-corrected chi connectivity index (χ2v) is 7.21. The van der Waals surface area contributed by atoms with Gasteiger partial charge in [-0.1, -0.05) is 0 Å². The molecule has 0 bridgehead atoms. The monoisotopic (exact) mass is 399 g/mol. The minimum atomic E-state index is -0.471. The third-order valence-corrected chi connectivity index (χ3v) is 5.40. The average molecular weight is 399 g/mol. The Hall–Kier alpha value is -3.34. The summed E-state index contributed by atoms with van der Waals surface area (Å²) in [5.74, 6) is 0.577. The van der Waals surface area contributed by atoms with E-state index in [1.165, 1.54) is 23.6 Å². The molecule has 144 valence electrons. The van der Waals surface area contributed by atoms with Gasteiger partial charge in [0.1, 0.15) is 22.7 Å². The van der Waals surface area contributed by atoms with Crippen molar-refractivity contribution in [2.45, 2.75) is 0 Å². The van der Waals surface area contributed by atoms with Crippen molar-refractivity contribution in [2.75, 3.05) is 31.1 Å². The smallest absolute Gasteiger partial charge is 0.287 e. The van der Waals surface area contributed by atoms with Gasteiger partial charge in [0.15, 0.2) is 0 Å². The van der Waals surface area contributed by atoms with Crippen LogP contribution in [0.15, 0.2) is 36.1 Å². The molecule has 0 N–H and O–H groups in total. The zero-order chi connectivity index (χ0) is 19.7. The van der Waals surface area contributed by atoms with Gasteiger partial charge < -0.3 is 9.80 Å². The Labute approximate surface area is 164 Å². The summed E-state index contributed by atoms with van der Waals surface area (Å²) in [7, 11) is 1.84. The van der Waals surface area contributed by atoms with Crippen LogP contribution in [0.3, 0.4) is 0 Å². The van der Waals surface area contributed by atoms with Crippen molar-refractivity contribution in [1.29, 1.82) is 0 Å². The van der Waals surface area contributed by atoms with Crippen molar-refractivity contribution in [2.24, 2.45) is 7.05 Å². The highest BCUT2D eigenvalue weighted by Crippen LogP contribution is 2.24. The van der Waals surface area contributed by atoms with Gasteiger partial charge in [0, 0.05) is 56.4 Å². The number of nitro groups is 1. The maximum absolute atomic E-state index is 12.8. The van der Waals surface area contributed by atoms with Gasteiger partial charge in [0.25, 0.3) is 11.6 Å². The van der Waals surface area contributed by atoms with E-state index in [0.717, 1.165) is 10.6 Å². The molecule has 1 saturated heterocycles. The van der Waals surface area contributed by atoms with Gasteiger partial charge in [-0.2, -0.15) is 5.10 Å². The van der Waals surface area contributed by atoms with E-state index in [-0.39, 0.29) is 11.6 Å². The molecule has 11 heteroatoms. The summed E-state index contributed by atoms with van der Waals surface area (Å²) in [5, 5.41) is 17.4. The molecule has 3 aromatic rings. The number of hydrogen-bond acceptors (Lipinski definition) is 8. The number of carbonyl (C=O) groups excluding carboxylic acids is 1. The molecule has 0 saturated carbocycles. The first-order chi connectivity index (χ1) is 13.5. The Balaban J connectivity index is 1.39. The first-order valence-corrected chi connectivity index (χ1v) is 9.48. The van der Waals surface area contributed by atoms with E-state index >= 15 is 0 Å². The molecule has 1 aliphatic heterocycles. The molecule has 0 unspecified atom stereocenters. The standard InChI is InChI=1S/C17H17N7O3S/c1-21-10-12(8-19-21)16-20-14(11-28-16)17(25)23-6-4-22(5-7-23)15-3-2-13(9-18-15)24(26)27/h2-3,8-11H,4-7H2,1H3. The zero-order valence-corrected chi connectivity index (χ0v) is 15.9. The van der Waals surface area contributed by atoms with Gasteiger partial charge in [-0.3, -0.25) is 19.6 Å². The van der Waals surface area contributed by atoms with Crippen LogP contribution in [0.25, 0.3) is 10.6 Å². The number of amides is 1. The molecule has 3 aromatic heterocycles. The van der Waals surface area contributed by atoms with Crippen LogP contribution in [0.1, 0.15) is 10.5 Å². The summed E-state index contributed by atoms with van der Waals surface area (Å²) in [6.07, 6.45) is 4.84. The quantitative estimate of drug-likeness (QED) is 0.486. The molecule has 0 radical (unpaired) electrons. The van der Waals surface area contributed by atoms with Crippen LogP contribution in [0.4, 0.5) is 11.5 Å². The third-order valence-electron chi connectivity index (χ3n) is 4.51. The normalized spacial score (nSPS) is 14.3. The fraction of sp³-hybridized carbons (Fsp3) is 0.294. The van der Waals surface area contributed by atoms with Crippen LogP contribution in [0, 0.1) is 10.1 Å². The highest BCUT2D eigenvalue weighted by molar-refractivity contribution is 7.13. The maximum Gasteiger partial charge on any atom is 0.287 e. The Morgan fingerprint density at radius 3 is 2.61 bits per heavy atom. The van der Waals surface area contributed by atoms with Crippen LogP contribution < -0.4 is 4.90 Å². The molecule has 0 aromatic carbocycles. The topological polar surface area (TPSA) is 110 Å². The molecular formula is C17H17N7O3S. The Bertz CT molecular complexity index is 1010. The van der Waals surface area contributed by atoms with Gasteiger partial charge in [-0.05, 0) is 6.07 Å². The van der Waals surface area contributed by atoms with E-state index in [2.05, 4.69) is 15.1 Å². The van der Waals surface area contributed by atoms with Crippen LogP contribution in [-0.4, -0.2) is 61.7 Å². The number of pyridine rings is 1. The molecule has 0 atom stereocenters. The number of anilines is 1. The first kappa shape index (κ1) is 18.0. The first-order valence-electron chi connectivity index (χ1n) is 8.60. The predicted octanol–water partition coefficient (Wildman–Crippen LogP) is 1.81. The lowest BCUT2D eigenvalue weighted by molar-refractivity contribution is -0.385. The largest absolute Gasteiger partial charge is 0.353 e. The fourth-order valence-corrected chi connectivity index (χ4v) is 3.78. The van der Waals surface area contributed by atoms with Crippen LogP contribution >= 0.6 is 11.3 Å². The Morgan fingerprint density at radius 2 is 2.00 bits per heavy atom. The summed E-state index contributed by atoms with van der Waals surface area (Å²) < 4.78 is 1.70. The lowest BCUT2D eigenvalue weighted by Gasteiger charge is -2.35. The number of thiazole rings is 1. The summed E-state index contributed by atoms with van der Waals surface area (Å²) in [6, 6.07) is 3.07. The van der Waals surface area contributed by atoms with E-state index in [9.17, 15) is 14.9 Å². The molecule has 1 aliphatic rings. The highest BCUT2D eigenvalue weighted by atomic mass is 32.1. The van der Waals surface area contributed by atoms with Crippen molar-refractivity contribution < 1.29 is 9.72 Å². The van der Waals surface area contributed by atoms with Crippen LogP contribution in [-0.2, 0) is 7.05 Å². The molecule has 0 aliphatic carbocycles. The summed E-state index contributed by atoms with van der Waals surface area (Å²) in [4.78, 5) is 35.4. The van der Waals surface area contributed by atoms with Crippen molar-refractivity contribution in [3.8, 4) is 10.6 Å². The lowest BCUT2D eigenvalue weighted by atomic mass is 10.2. The SMILES string of the molecule is Cn1cc(-c2nc(C(=O)N3CCN(c4ccc([N+](=O)[O-])cn4)CC3)cs2)cn1. The Kier molecular flexibility index (Phi) is 4.74. The molecule has 28 heavy (non-hydrogen) atoms. The third kappa shape index (κ3) is 3.56. The molecule has 1 fully saturated rings. The van der Waals surface area contributed by atoms with E-state index in [1.807, 2.05) is 18.1 Å². The van der Waals surface area contributed by atoms with E-state index in [1.54, 1.807) is 27.2 Å². The van der Waals surface area contributed by atoms with Gasteiger partial charge in [0.2, 0.25) is 0 Å². The highest BCUT2D eigenvalue weighted by Gasteiger charge is 2.25. The summed E-state index contributed by atoms with van der Waals surface area (Å²) >= 11 is 1.42. The minimum absolute atomic E-state index is 0.0366. The molecular weight excluding hydrogens is 382 g/mol. The lowest BCUT2D eigenvalue weighted by Crippen LogP contribution is -2.49. The van der Waals surface area contributed by atoms with E-state index < -0.39 is 4.92 Å². The Morgan fingerprint density at radius 1 is 1.21 bits per heavy atom. The van der Waals surface area contributed by atoms with Crippen LogP contribution in [0.2, 0.25) is 0 Å². The molecule has 4 heterocycles. The van der Waals surface area contributed by atoms with Gasteiger partial charge in [-0.15, -0.1) is 11.3 Å².